The largest absolute Gasteiger partial charge is 0.388 e. The zero-order valence-electron chi connectivity index (χ0n) is 11.0. The van der Waals surface area contributed by atoms with E-state index in [0.717, 1.165) is 25.3 Å². The second-order valence-electron chi connectivity index (χ2n) is 4.52. The second-order valence-corrected chi connectivity index (χ2v) is 4.52. The molecule has 0 amide bonds. The van der Waals surface area contributed by atoms with Crippen LogP contribution in [0.1, 0.15) is 38.9 Å². The first-order chi connectivity index (χ1) is 8.02. The summed E-state index contributed by atoms with van der Waals surface area (Å²) in [6.45, 7) is 8.93. The molecule has 0 unspecified atom stereocenters. The van der Waals surface area contributed by atoms with Gasteiger partial charge in [0, 0.05) is 31.7 Å². The van der Waals surface area contributed by atoms with Crippen LogP contribution in [0.15, 0.2) is 12.3 Å². The van der Waals surface area contributed by atoms with Crippen LogP contribution in [0, 0.1) is 5.41 Å². The standard InChI is InChI=1S/C12H23N5/c1-4-16(7-6-12(13)14)9-11-5-8-17(15-11)10(2)3/h5,8,10H,4,6-7,9H2,1-3H3,(H3,13,14). The predicted octanol–water partition coefficient (Wildman–Crippen LogP) is 1.61. The summed E-state index contributed by atoms with van der Waals surface area (Å²) in [7, 11) is 0. The minimum atomic E-state index is 0.246. The van der Waals surface area contributed by atoms with E-state index in [4.69, 9.17) is 11.1 Å². The Morgan fingerprint density at radius 1 is 1.59 bits per heavy atom. The highest BCUT2D eigenvalue weighted by Gasteiger charge is 2.07. The van der Waals surface area contributed by atoms with Crippen LogP contribution in [0.2, 0.25) is 0 Å². The molecule has 0 saturated carbocycles. The van der Waals surface area contributed by atoms with Gasteiger partial charge in [-0.15, -0.1) is 0 Å². The van der Waals surface area contributed by atoms with Crippen molar-refractivity contribution in [2.75, 3.05) is 13.1 Å². The van der Waals surface area contributed by atoms with Crippen molar-refractivity contribution in [1.82, 2.24) is 14.7 Å². The van der Waals surface area contributed by atoms with Crippen LogP contribution in [0.5, 0.6) is 0 Å². The van der Waals surface area contributed by atoms with E-state index in [1.165, 1.54) is 0 Å². The van der Waals surface area contributed by atoms with Crippen LogP contribution in [-0.2, 0) is 6.54 Å². The number of nitrogens with two attached hydrogens (primary N) is 1. The number of nitrogens with one attached hydrogen (secondary N) is 1. The van der Waals surface area contributed by atoms with Gasteiger partial charge >= 0.3 is 0 Å². The number of amidine groups is 1. The van der Waals surface area contributed by atoms with Crippen molar-refractivity contribution in [1.29, 1.82) is 5.41 Å². The number of hydrogen-bond acceptors (Lipinski definition) is 3. The number of hydrogen-bond donors (Lipinski definition) is 2. The molecule has 0 fully saturated rings. The normalized spacial score (nSPS) is 11.4. The minimum absolute atomic E-state index is 0.246. The van der Waals surface area contributed by atoms with Crippen molar-refractivity contribution < 1.29 is 0 Å². The van der Waals surface area contributed by atoms with Crippen molar-refractivity contribution >= 4 is 5.84 Å². The van der Waals surface area contributed by atoms with Crippen LogP contribution in [0.3, 0.4) is 0 Å². The summed E-state index contributed by atoms with van der Waals surface area (Å²) in [5.41, 5.74) is 6.44. The highest BCUT2D eigenvalue weighted by atomic mass is 15.3. The van der Waals surface area contributed by atoms with Crippen LogP contribution in [-0.4, -0.2) is 33.6 Å². The third-order valence-electron chi connectivity index (χ3n) is 2.72. The predicted molar refractivity (Wildman–Crippen MR) is 70.1 cm³/mol. The maximum Gasteiger partial charge on any atom is 0.0918 e. The summed E-state index contributed by atoms with van der Waals surface area (Å²) in [6, 6.07) is 2.45. The maximum absolute atomic E-state index is 7.23. The molecular formula is C12H23N5. The number of nitrogens with zero attached hydrogens (tertiary/aromatic N) is 3. The van der Waals surface area contributed by atoms with Gasteiger partial charge in [0.1, 0.15) is 0 Å². The van der Waals surface area contributed by atoms with Crippen LogP contribution >= 0.6 is 0 Å². The van der Waals surface area contributed by atoms with Gasteiger partial charge < -0.3 is 5.73 Å². The molecule has 17 heavy (non-hydrogen) atoms. The third kappa shape index (κ3) is 4.56. The van der Waals surface area contributed by atoms with E-state index in [1.54, 1.807) is 0 Å². The molecule has 1 aromatic rings. The fraction of sp³-hybridized carbons (Fsp3) is 0.667. The molecule has 0 spiro atoms. The lowest BCUT2D eigenvalue weighted by Crippen LogP contribution is -2.27. The smallest absolute Gasteiger partial charge is 0.0918 e. The fourth-order valence-corrected chi connectivity index (χ4v) is 1.61. The van der Waals surface area contributed by atoms with E-state index in [2.05, 4.69) is 36.8 Å². The molecule has 1 rings (SSSR count). The summed E-state index contributed by atoms with van der Waals surface area (Å²) in [6.07, 6.45) is 2.64. The molecule has 0 aromatic carbocycles. The van der Waals surface area contributed by atoms with Crippen molar-refractivity contribution in [3.8, 4) is 0 Å². The van der Waals surface area contributed by atoms with Gasteiger partial charge in [0.2, 0.25) is 0 Å². The van der Waals surface area contributed by atoms with E-state index in [9.17, 15) is 0 Å². The molecule has 0 atom stereocenters. The lowest BCUT2D eigenvalue weighted by molar-refractivity contribution is 0.283. The van der Waals surface area contributed by atoms with E-state index < -0.39 is 0 Å². The quantitative estimate of drug-likeness (QED) is 0.559. The Bertz CT molecular complexity index is 356. The van der Waals surface area contributed by atoms with Gasteiger partial charge in [-0.05, 0) is 26.5 Å². The Balaban J connectivity index is 2.51. The topological polar surface area (TPSA) is 70.9 Å². The van der Waals surface area contributed by atoms with E-state index in [-0.39, 0.29) is 5.84 Å². The summed E-state index contributed by atoms with van der Waals surface area (Å²) in [5, 5.41) is 11.7. The van der Waals surface area contributed by atoms with Gasteiger partial charge in [-0.25, -0.2) is 0 Å². The SMILES string of the molecule is CCN(CCC(=N)N)Cc1ccn(C(C)C)n1. The van der Waals surface area contributed by atoms with Crippen LogP contribution in [0.4, 0.5) is 0 Å². The van der Waals surface area contributed by atoms with E-state index in [0.29, 0.717) is 12.5 Å². The fourth-order valence-electron chi connectivity index (χ4n) is 1.61. The average molecular weight is 237 g/mol. The maximum atomic E-state index is 7.23. The Hall–Kier alpha value is -1.36. The lowest BCUT2D eigenvalue weighted by Gasteiger charge is -2.18. The molecule has 1 heterocycles. The number of aromatic nitrogens is 2. The van der Waals surface area contributed by atoms with Gasteiger partial charge in [0.15, 0.2) is 0 Å². The molecule has 0 radical (unpaired) electrons. The molecule has 5 heteroatoms. The molecule has 0 aliphatic carbocycles. The van der Waals surface area contributed by atoms with Crippen molar-refractivity contribution in [3.05, 3.63) is 18.0 Å². The summed E-state index contributed by atoms with van der Waals surface area (Å²) in [4.78, 5) is 2.24. The van der Waals surface area contributed by atoms with Gasteiger partial charge in [-0.2, -0.15) is 5.10 Å². The Morgan fingerprint density at radius 3 is 2.76 bits per heavy atom. The highest BCUT2D eigenvalue weighted by Crippen LogP contribution is 2.07. The highest BCUT2D eigenvalue weighted by molar-refractivity contribution is 5.76. The third-order valence-corrected chi connectivity index (χ3v) is 2.72. The monoisotopic (exact) mass is 237 g/mol. The van der Waals surface area contributed by atoms with Gasteiger partial charge in [0.05, 0.1) is 11.5 Å². The van der Waals surface area contributed by atoms with E-state index >= 15 is 0 Å². The van der Waals surface area contributed by atoms with E-state index in [1.807, 2.05) is 10.9 Å². The second kappa shape index (κ2) is 6.39. The van der Waals surface area contributed by atoms with Crippen molar-refractivity contribution in [2.45, 2.75) is 39.8 Å². The molecule has 96 valence electrons. The zero-order chi connectivity index (χ0) is 12.8. The number of rotatable bonds is 7. The van der Waals surface area contributed by atoms with Gasteiger partial charge in [-0.3, -0.25) is 15.0 Å². The molecule has 0 aliphatic rings. The molecule has 0 saturated heterocycles. The van der Waals surface area contributed by atoms with Crippen LogP contribution in [0.25, 0.3) is 0 Å². The van der Waals surface area contributed by atoms with Gasteiger partial charge in [0.25, 0.3) is 0 Å². The molecule has 1 aromatic heterocycles. The molecule has 5 nitrogen and oxygen atoms in total. The van der Waals surface area contributed by atoms with Crippen LogP contribution < -0.4 is 5.73 Å². The van der Waals surface area contributed by atoms with Crippen molar-refractivity contribution in [2.24, 2.45) is 5.73 Å². The summed E-state index contributed by atoms with van der Waals surface area (Å²) in [5.74, 6) is 0.246. The zero-order valence-corrected chi connectivity index (χ0v) is 11.0. The first-order valence-corrected chi connectivity index (χ1v) is 6.12. The first kappa shape index (κ1) is 13.7. The van der Waals surface area contributed by atoms with Gasteiger partial charge in [-0.1, -0.05) is 6.92 Å². The Morgan fingerprint density at radius 2 is 2.29 bits per heavy atom. The molecule has 0 bridgehead atoms. The molecule has 0 aliphatic heterocycles. The first-order valence-electron chi connectivity index (χ1n) is 6.12. The Labute approximate surface area is 103 Å². The lowest BCUT2D eigenvalue weighted by atomic mass is 10.3. The summed E-state index contributed by atoms with van der Waals surface area (Å²) >= 11 is 0. The summed E-state index contributed by atoms with van der Waals surface area (Å²) < 4.78 is 1.97. The Kier molecular flexibility index (Phi) is 5.15. The van der Waals surface area contributed by atoms with Crippen molar-refractivity contribution in [3.63, 3.8) is 0 Å². The molecule has 3 N–H and O–H groups in total. The minimum Gasteiger partial charge on any atom is -0.388 e. The molecular weight excluding hydrogens is 214 g/mol. The average Bonchev–Trinajstić information content (AvgIpc) is 2.72.